The molecule has 0 aliphatic heterocycles. The smallest absolute Gasteiger partial charge is 0.316 e. The van der Waals surface area contributed by atoms with Crippen LogP contribution < -0.4 is 9.47 Å². The van der Waals surface area contributed by atoms with E-state index in [9.17, 15) is 9.90 Å². The van der Waals surface area contributed by atoms with Gasteiger partial charge in [-0.1, -0.05) is 5.21 Å². The predicted molar refractivity (Wildman–Crippen MR) is 121 cm³/mol. The van der Waals surface area contributed by atoms with Gasteiger partial charge in [0, 0.05) is 19.2 Å². The fraction of sp³-hybridized carbons (Fsp3) is 0.500. The third kappa shape index (κ3) is 4.85. The predicted octanol–water partition coefficient (Wildman–Crippen LogP) is 3.45. The van der Waals surface area contributed by atoms with E-state index in [0.29, 0.717) is 47.6 Å². The van der Waals surface area contributed by atoms with Crippen molar-refractivity contribution in [3.05, 3.63) is 41.5 Å². The third-order valence-corrected chi connectivity index (χ3v) is 6.48. The third-order valence-electron chi connectivity index (χ3n) is 6.48. The molecule has 0 aromatic carbocycles. The number of rotatable bonds is 8. The van der Waals surface area contributed by atoms with Crippen LogP contribution in [0, 0.1) is 12.8 Å². The summed E-state index contributed by atoms with van der Waals surface area (Å²) in [5.41, 5.74) is 3.79. The highest BCUT2D eigenvalue weighted by atomic mass is 16.5. The van der Waals surface area contributed by atoms with Crippen molar-refractivity contribution in [1.29, 1.82) is 0 Å². The number of nitrogens with zero attached hydrogens (tertiary/aromatic N) is 6. The maximum Gasteiger partial charge on any atom is 0.316 e. The van der Waals surface area contributed by atoms with Gasteiger partial charge in [-0.2, -0.15) is 4.98 Å². The van der Waals surface area contributed by atoms with Crippen molar-refractivity contribution >= 4 is 5.97 Å². The number of carboxylic acid groups (broad SMARTS) is 1. The Morgan fingerprint density at radius 3 is 2.79 bits per heavy atom. The van der Waals surface area contributed by atoms with Gasteiger partial charge in [0.15, 0.2) is 0 Å². The summed E-state index contributed by atoms with van der Waals surface area (Å²) in [6.07, 6.45) is 6.87. The second-order valence-corrected chi connectivity index (χ2v) is 9.06. The zero-order valence-electron chi connectivity index (χ0n) is 19.3. The molecule has 3 aromatic heterocycles. The Bertz CT molecular complexity index is 1190. The van der Waals surface area contributed by atoms with Crippen molar-refractivity contribution < 1.29 is 19.4 Å². The van der Waals surface area contributed by atoms with E-state index >= 15 is 0 Å². The molecule has 2 aliphatic rings. The Kier molecular flexibility index (Phi) is 6.12. The summed E-state index contributed by atoms with van der Waals surface area (Å²) in [6.45, 7) is 2.09. The topological polar surface area (TPSA) is 125 Å². The number of aromatic nitrogens is 6. The monoisotopic (exact) mass is 464 g/mol. The van der Waals surface area contributed by atoms with Crippen molar-refractivity contribution in [3.8, 4) is 23.1 Å². The number of aryl methyl sites for hydroxylation is 2. The molecule has 3 aromatic rings. The van der Waals surface area contributed by atoms with Crippen molar-refractivity contribution in [1.82, 2.24) is 29.9 Å². The molecule has 10 nitrogen and oxygen atoms in total. The minimum atomic E-state index is -0.749. The molecule has 2 fully saturated rings. The van der Waals surface area contributed by atoms with Crippen LogP contribution in [-0.2, 0) is 18.4 Å². The molecule has 2 aliphatic carbocycles. The molecule has 1 unspecified atom stereocenters. The fourth-order valence-electron chi connectivity index (χ4n) is 4.36. The van der Waals surface area contributed by atoms with Gasteiger partial charge in [-0.25, -0.2) is 14.6 Å². The second kappa shape index (κ2) is 9.36. The minimum absolute atomic E-state index is 0.118. The number of aliphatic carboxylic acids is 1. The van der Waals surface area contributed by atoms with E-state index in [1.165, 1.54) is 0 Å². The highest BCUT2D eigenvalue weighted by molar-refractivity contribution is 5.70. The van der Waals surface area contributed by atoms with Gasteiger partial charge in [0.05, 0.1) is 29.1 Å². The normalized spacial score (nSPS) is 20.2. The number of carbonyl (C=O) groups is 1. The van der Waals surface area contributed by atoms with Crippen LogP contribution in [0.25, 0.3) is 11.4 Å². The highest BCUT2D eigenvalue weighted by Crippen LogP contribution is 2.39. The molecule has 0 saturated heterocycles. The van der Waals surface area contributed by atoms with Crippen LogP contribution in [0.5, 0.6) is 11.8 Å². The molecular formula is C24H28N6O4. The second-order valence-electron chi connectivity index (χ2n) is 9.06. The molecule has 0 spiro atoms. The van der Waals surface area contributed by atoms with E-state index in [2.05, 4.69) is 20.3 Å². The van der Waals surface area contributed by atoms with Crippen LogP contribution >= 0.6 is 0 Å². The van der Waals surface area contributed by atoms with Crippen molar-refractivity contribution in [3.63, 3.8) is 0 Å². The van der Waals surface area contributed by atoms with E-state index in [4.69, 9.17) is 14.5 Å². The Labute approximate surface area is 197 Å². The van der Waals surface area contributed by atoms with Crippen molar-refractivity contribution in [2.45, 2.75) is 64.1 Å². The van der Waals surface area contributed by atoms with E-state index in [1.54, 1.807) is 10.9 Å². The summed E-state index contributed by atoms with van der Waals surface area (Å²) in [5.74, 6) is 0.0885. The van der Waals surface area contributed by atoms with E-state index in [0.717, 1.165) is 37.1 Å². The number of hydrogen-bond acceptors (Lipinski definition) is 8. The van der Waals surface area contributed by atoms with E-state index in [1.807, 2.05) is 32.2 Å². The van der Waals surface area contributed by atoms with Gasteiger partial charge in [-0.15, -0.1) is 5.10 Å². The molecule has 2 saturated carbocycles. The van der Waals surface area contributed by atoms with Gasteiger partial charge in [-0.05, 0) is 63.6 Å². The average Bonchev–Trinajstić information content (AvgIpc) is 3.62. The van der Waals surface area contributed by atoms with Gasteiger partial charge in [0.2, 0.25) is 0 Å². The molecule has 0 amide bonds. The van der Waals surface area contributed by atoms with Gasteiger partial charge >= 0.3 is 12.0 Å². The molecule has 34 heavy (non-hydrogen) atoms. The number of carboxylic acids is 1. The molecular weight excluding hydrogens is 436 g/mol. The number of hydrogen-bond donors (Lipinski definition) is 1. The first-order chi connectivity index (χ1) is 16.5. The summed E-state index contributed by atoms with van der Waals surface area (Å²) in [7, 11) is 1.81. The zero-order chi connectivity index (χ0) is 23.7. The summed E-state index contributed by atoms with van der Waals surface area (Å²) in [4.78, 5) is 24.8. The Hall–Kier alpha value is -3.56. The van der Waals surface area contributed by atoms with E-state index < -0.39 is 5.97 Å². The summed E-state index contributed by atoms with van der Waals surface area (Å²) in [5, 5.41) is 17.8. The lowest BCUT2D eigenvalue weighted by Gasteiger charge is -2.27. The largest absolute Gasteiger partial charge is 0.489 e. The van der Waals surface area contributed by atoms with Gasteiger partial charge in [0.25, 0.3) is 0 Å². The molecule has 10 heteroatoms. The highest BCUT2D eigenvalue weighted by Gasteiger charge is 2.29. The van der Waals surface area contributed by atoms with Crippen LogP contribution in [0.15, 0.2) is 24.4 Å². The summed E-state index contributed by atoms with van der Waals surface area (Å²) < 4.78 is 13.7. The molecule has 178 valence electrons. The molecule has 3 heterocycles. The first-order valence-electron chi connectivity index (χ1n) is 11.7. The minimum Gasteiger partial charge on any atom is -0.489 e. The summed E-state index contributed by atoms with van der Waals surface area (Å²) >= 11 is 0. The Balaban J connectivity index is 1.29. The lowest BCUT2D eigenvalue weighted by molar-refractivity contribution is -0.143. The Morgan fingerprint density at radius 2 is 2.03 bits per heavy atom. The first-order valence-corrected chi connectivity index (χ1v) is 11.7. The first kappa shape index (κ1) is 22.2. The van der Waals surface area contributed by atoms with E-state index in [-0.39, 0.29) is 18.6 Å². The maximum atomic E-state index is 11.3. The number of ether oxygens (including phenoxy) is 2. The molecule has 2 atom stereocenters. The van der Waals surface area contributed by atoms with Crippen LogP contribution in [0.1, 0.15) is 61.5 Å². The zero-order valence-corrected chi connectivity index (χ0v) is 19.3. The summed E-state index contributed by atoms with van der Waals surface area (Å²) in [6, 6.07) is 5.99. The lowest BCUT2D eigenvalue weighted by Crippen LogP contribution is -2.29. The van der Waals surface area contributed by atoms with Crippen LogP contribution in [0.2, 0.25) is 0 Å². The van der Waals surface area contributed by atoms with Crippen molar-refractivity contribution in [2.24, 2.45) is 13.0 Å². The molecule has 0 radical (unpaired) electrons. The molecule has 5 rings (SSSR count). The SMILES string of the molecule is Cc1nc(-c2nnn(C)c2COc2nccc(C3CC3)n2)ccc1O[C@H]1CCCC(C(=O)O)C1. The quantitative estimate of drug-likeness (QED) is 0.533. The fourth-order valence-corrected chi connectivity index (χ4v) is 4.36. The van der Waals surface area contributed by atoms with Gasteiger partial charge in [0.1, 0.15) is 23.7 Å². The standard InChI is InChI=1S/C24H28N6O4/c1-14-21(34-17-5-3-4-16(12-17)23(31)32)9-8-19(26-14)22-20(30(2)29-28-22)13-33-24-25-11-10-18(27-24)15-6-7-15/h8-11,15-17H,3-7,12-13H2,1-2H3,(H,31,32)/t16?,17-/m0/s1. The average molecular weight is 465 g/mol. The van der Waals surface area contributed by atoms with Crippen molar-refractivity contribution in [2.75, 3.05) is 0 Å². The van der Waals surface area contributed by atoms with Gasteiger partial charge in [-0.3, -0.25) is 4.79 Å². The van der Waals surface area contributed by atoms with Crippen LogP contribution in [-0.4, -0.2) is 47.1 Å². The van der Waals surface area contributed by atoms with Crippen LogP contribution in [0.3, 0.4) is 0 Å². The maximum absolute atomic E-state index is 11.3. The molecule has 1 N–H and O–H groups in total. The Morgan fingerprint density at radius 1 is 1.18 bits per heavy atom. The number of pyridine rings is 1. The lowest BCUT2D eigenvalue weighted by atomic mass is 9.87. The van der Waals surface area contributed by atoms with Crippen LogP contribution in [0.4, 0.5) is 0 Å². The van der Waals surface area contributed by atoms with Gasteiger partial charge < -0.3 is 14.6 Å². The molecule has 0 bridgehead atoms.